The number of hydrogen-bond donors (Lipinski definition) is 2. The smallest absolute Gasteiger partial charge is 0.211 e. The van der Waals surface area contributed by atoms with E-state index in [4.69, 9.17) is 15.9 Å². The second-order valence-electron chi connectivity index (χ2n) is 1.78. The van der Waals surface area contributed by atoms with Gasteiger partial charge in [-0.25, -0.2) is 0 Å². The molecule has 58 valence electrons. The average Bonchev–Trinajstić information content (AvgIpc) is 2.39. The van der Waals surface area contributed by atoms with Crippen molar-refractivity contribution in [1.82, 2.24) is 0 Å². The number of hydrogen-bond acceptors (Lipinski definition) is 3. The molecule has 0 spiro atoms. The van der Waals surface area contributed by atoms with E-state index in [1.54, 1.807) is 12.1 Å². The molecule has 0 fully saturated rings. The maximum atomic E-state index is 5.02. The topological polar surface area (TPSA) is 89.9 Å². The standard InChI is InChI=1S/C6H8N4O/c7-6(8)10-9-4-5-2-1-3-11-5/h1-4H,(H4,7,8,10)/b9-4+. The van der Waals surface area contributed by atoms with Gasteiger partial charge >= 0.3 is 0 Å². The molecule has 4 N–H and O–H groups in total. The third-order valence-corrected chi connectivity index (χ3v) is 0.901. The van der Waals surface area contributed by atoms with Gasteiger partial charge in [0.2, 0.25) is 5.96 Å². The average molecular weight is 152 g/mol. The van der Waals surface area contributed by atoms with Gasteiger partial charge in [0.05, 0.1) is 12.5 Å². The lowest BCUT2D eigenvalue weighted by atomic mass is 10.5. The van der Waals surface area contributed by atoms with Crippen molar-refractivity contribution in [3.63, 3.8) is 0 Å². The summed E-state index contributed by atoms with van der Waals surface area (Å²) >= 11 is 0. The van der Waals surface area contributed by atoms with Crippen LogP contribution in [0.25, 0.3) is 0 Å². The normalized spacial score (nSPS) is 10.2. The molecule has 0 aliphatic heterocycles. The first kappa shape index (κ1) is 7.33. The minimum absolute atomic E-state index is 0.0761. The molecule has 11 heavy (non-hydrogen) atoms. The minimum atomic E-state index is -0.0761. The number of nitrogens with two attached hydrogens (primary N) is 2. The highest BCUT2D eigenvalue weighted by atomic mass is 16.3. The summed E-state index contributed by atoms with van der Waals surface area (Å²) in [7, 11) is 0. The van der Waals surface area contributed by atoms with Crippen molar-refractivity contribution >= 4 is 12.2 Å². The van der Waals surface area contributed by atoms with E-state index in [9.17, 15) is 0 Å². The van der Waals surface area contributed by atoms with Crippen molar-refractivity contribution in [1.29, 1.82) is 0 Å². The molecular weight excluding hydrogens is 144 g/mol. The van der Waals surface area contributed by atoms with E-state index in [0.717, 1.165) is 0 Å². The van der Waals surface area contributed by atoms with Gasteiger partial charge in [0.15, 0.2) is 0 Å². The SMILES string of the molecule is NC(N)=N/N=C/c1ccco1. The second kappa shape index (κ2) is 3.40. The summed E-state index contributed by atoms with van der Waals surface area (Å²) in [5, 5.41) is 6.91. The summed E-state index contributed by atoms with van der Waals surface area (Å²) in [5.41, 5.74) is 10.0. The Balaban J connectivity index is 2.56. The van der Waals surface area contributed by atoms with Crippen LogP contribution in [-0.4, -0.2) is 12.2 Å². The molecule has 1 rings (SSSR count). The quantitative estimate of drug-likeness (QED) is 0.352. The van der Waals surface area contributed by atoms with Crippen LogP contribution in [0, 0.1) is 0 Å². The van der Waals surface area contributed by atoms with Crippen LogP contribution in [-0.2, 0) is 0 Å². The van der Waals surface area contributed by atoms with Crippen molar-refractivity contribution in [2.24, 2.45) is 21.7 Å². The van der Waals surface area contributed by atoms with Crippen molar-refractivity contribution in [2.45, 2.75) is 0 Å². The van der Waals surface area contributed by atoms with Gasteiger partial charge in [0.1, 0.15) is 5.76 Å². The lowest BCUT2D eigenvalue weighted by molar-refractivity contribution is 0.560. The van der Waals surface area contributed by atoms with E-state index in [1.165, 1.54) is 12.5 Å². The Bertz CT molecular complexity index is 258. The molecule has 1 aromatic heterocycles. The molecule has 0 saturated heterocycles. The highest BCUT2D eigenvalue weighted by molar-refractivity contribution is 5.79. The molecule has 0 bridgehead atoms. The molecule has 5 nitrogen and oxygen atoms in total. The molecule has 1 aromatic rings. The van der Waals surface area contributed by atoms with Crippen LogP contribution < -0.4 is 11.5 Å². The van der Waals surface area contributed by atoms with Crippen LogP contribution in [0.3, 0.4) is 0 Å². The van der Waals surface area contributed by atoms with Gasteiger partial charge in [-0.2, -0.15) is 5.10 Å². The third-order valence-electron chi connectivity index (χ3n) is 0.901. The van der Waals surface area contributed by atoms with Crippen LogP contribution in [0.1, 0.15) is 5.76 Å². The van der Waals surface area contributed by atoms with Crippen LogP contribution in [0.15, 0.2) is 33.0 Å². The van der Waals surface area contributed by atoms with Gasteiger partial charge in [0.25, 0.3) is 0 Å². The van der Waals surface area contributed by atoms with Crippen molar-refractivity contribution in [3.8, 4) is 0 Å². The van der Waals surface area contributed by atoms with Gasteiger partial charge < -0.3 is 15.9 Å². The van der Waals surface area contributed by atoms with E-state index in [0.29, 0.717) is 5.76 Å². The number of guanidine groups is 1. The van der Waals surface area contributed by atoms with E-state index >= 15 is 0 Å². The Morgan fingerprint density at radius 2 is 2.36 bits per heavy atom. The molecule has 0 radical (unpaired) electrons. The monoisotopic (exact) mass is 152 g/mol. The highest BCUT2D eigenvalue weighted by Gasteiger charge is 1.85. The zero-order chi connectivity index (χ0) is 8.10. The molecular formula is C6H8N4O. The van der Waals surface area contributed by atoms with E-state index in [1.807, 2.05) is 0 Å². The van der Waals surface area contributed by atoms with Crippen LogP contribution >= 0.6 is 0 Å². The summed E-state index contributed by atoms with van der Waals surface area (Å²) in [6.45, 7) is 0. The summed E-state index contributed by atoms with van der Waals surface area (Å²) in [5.74, 6) is 0.530. The number of furan rings is 1. The van der Waals surface area contributed by atoms with Gasteiger partial charge in [0, 0.05) is 0 Å². The first-order valence-electron chi connectivity index (χ1n) is 2.94. The fourth-order valence-corrected chi connectivity index (χ4v) is 0.517. The molecule has 0 aromatic carbocycles. The van der Waals surface area contributed by atoms with Crippen molar-refractivity contribution in [3.05, 3.63) is 24.2 Å². The first-order chi connectivity index (χ1) is 5.29. The third kappa shape index (κ3) is 2.53. The fraction of sp³-hybridized carbons (Fsp3) is 0. The van der Waals surface area contributed by atoms with Gasteiger partial charge in [-0.3, -0.25) is 0 Å². The largest absolute Gasteiger partial charge is 0.463 e. The Labute approximate surface area is 63.4 Å². The Hall–Kier alpha value is -1.78. The Kier molecular flexibility index (Phi) is 2.27. The maximum Gasteiger partial charge on any atom is 0.211 e. The predicted octanol–water partition coefficient (Wildman–Crippen LogP) is -0.113. The summed E-state index contributed by atoms with van der Waals surface area (Å²) in [4.78, 5) is 0. The maximum absolute atomic E-state index is 5.02. The van der Waals surface area contributed by atoms with E-state index < -0.39 is 0 Å². The summed E-state index contributed by atoms with van der Waals surface area (Å²) in [6.07, 6.45) is 2.95. The molecule has 0 aliphatic carbocycles. The molecule has 0 amide bonds. The Morgan fingerprint density at radius 3 is 2.91 bits per heavy atom. The molecule has 0 saturated carbocycles. The minimum Gasteiger partial charge on any atom is -0.463 e. The van der Waals surface area contributed by atoms with Gasteiger partial charge in [-0.1, -0.05) is 0 Å². The van der Waals surface area contributed by atoms with E-state index in [2.05, 4.69) is 10.2 Å². The Morgan fingerprint density at radius 1 is 1.55 bits per heavy atom. The zero-order valence-corrected chi connectivity index (χ0v) is 5.77. The van der Waals surface area contributed by atoms with Gasteiger partial charge in [-0.05, 0) is 12.1 Å². The molecule has 0 unspecified atom stereocenters. The lowest BCUT2D eigenvalue weighted by Crippen LogP contribution is -2.21. The predicted molar refractivity (Wildman–Crippen MR) is 42.1 cm³/mol. The highest BCUT2D eigenvalue weighted by Crippen LogP contribution is 1.94. The van der Waals surface area contributed by atoms with Crippen LogP contribution in [0.4, 0.5) is 0 Å². The van der Waals surface area contributed by atoms with Crippen molar-refractivity contribution < 1.29 is 4.42 Å². The molecule has 1 heterocycles. The second-order valence-corrected chi connectivity index (χ2v) is 1.78. The zero-order valence-electron chi connectivity index (χ0n) is 5.77. The van der Waals surface area contributed by atoms with Crippen LogP contribution in [0.2, 0.25) is 0 Å². The molecule has 0 aliphatic rings. The summed E-state index contributed by atoms with van der Waals surface area (Å²) in [6, 6.07) is 3.49. The molecule has 5 heteroatoms. The summed E-state index contributed by atoms with van der Waals surface area (Å²) < 4.78 is 4.92. The van der Waals surface area contributed by atoms with E-state index in [-0.39, 0.29) is 5.96 Å². The van der Waals surface area contributed by atoms with Crippen molar-refractivity contribution in [2.75, 3.05) is 0 Å². The number of rotatable bonds is 2. The van der Waals surface area contributed by atoms with Gasteiger partial charge in [-0.15, -0.1) is 5.10 Å². The lowest BCUT2D eigenvalue weighted by Gasteiger charge is -1.82. The fourth-order valence-electron chi connectivity index (χ4n) is 0.517. The number of nitrogens with zero attached hydrogens (tertiary/aromatic N) is 2. The molecule has 0 atom stereocenters. The van der Waals surface area contributed by atoms with Crippen LogP contribution in [0.5, 0.6) is 0 Å². The first-order valence-corrected chi connectivity index (χ1v) is 2.94.